The van der Waals surface area contributed by atoms with Crippen LogP contribution < -0.4 is 5.32 Å². The zero-order valence-corrected chi connectivity index (χ0v) is 14.8. The maximum absolute atomic E-state index is 13.4. The van der Waals surface area contributed by atoms with Gasteiger partial charge >= 0.3 is 6.18 Å². The molecule has 2 N–H and O–H groups in total. The van der Waals surface area contributed by atoms with Gasteiger partial charge in [-0.1, -0.05) is 0 Å². The number of carbonyl (C=O) groups is 1. The number of nitrogens with zero attached hydrogens (tertiary/aromatic N) is 2. The van der Waals surface area contributed by atoms with Crippen LogP contribution >= 0.6 is 11.3 Å². The predicted octanol–water partition coefficient (Wildman–Crippen LogP) is 2.44. The molecule has 1 aliphatic heterocycles. The normalized spacial score (nSPS) is 19.5. The number of halogens is 5. The molecule has 0 bridgehead atoms. The standard InChI is InChI=1S/C15H20F5N3O2S/c1-9-8-26-13(21-9)14(25,15(18,19)20)6-12(24)22-10-2-4-23(5-3-10)7-11(16)17/h8,10-11,25H,2-7H2,1H3,(H,22,24). The van der Waals surface area contributed by atoms with Crippen LogP contribution in [0.15, 0.2) is 5.38 Å². The summed E-state index contributed by atoms with van der Waals surface area (Å²) in [4.78, 5) is 17.3. The van der Waals surface area contributed by atoms with Crippen LogP contribution in [0, 0.1) is 6.92 Å². The summed E-state index contributed by atoms with van der Waals surface area (Å²) in [5.74, 6) is -0.954. The summed E-state index contributed by atoms with van der Waals surface area (Å²) in [6, 6.07) is -0.410. The van der Waals surface area contributed by atoms with Crippen LogP contribution in [0.5, 0.6) is 0 Å². The monoisotopic (exact) mass is 401 g/mol. The Labute approximate surface area is 151 Å². The fourth-order valence-corrected chi connectivity index (χ4v) is 3.72. The van der Waals surface area contributed by atoms with Crippen LogP contribution in [0.2, 0.25) is 0 Å². The molecule has 0 aromatic carbocycles. The third-order valence-corrected chi connectivity index (χ3v) is 5.32. The van der Waals surface area contributed by atoms with Crippen molar-refractivity contribution < 1.29 is 31.9 Å². The van der Waals surface area contributed by atoms with Crippen LogP contribution in [-0.4, -0.2) is 59.2 Å². The Morgan fingerprint density at radius 1 is 1.42 bits per heavy atom. The van der Waals surface area contributed by atoms with Crippen molar-refractivity contribution in [2.45, 2.75) is 50.4 Å². The number of hydrogen-bond donors (Lipinski definition) is 2. The van der Waals surface area contributed by atoms with Gasteiger partial charge in [0.2, 0.25) is 11.5 Å². The van der Waals surface area contributed by atoms with Crippen LogP contribution in [0.4, 0.5) is 22.0 Å². The number of carbonyl (C=O) groups excluding carboxylic acids is 1. The van der Waals surface area contributed by atoms with Gasteiger partial charge in [0.05, 0.1) is 13.0 Å². The molecule has 1 saturated heterocycles. The molecule has 2 rings (SSSR count). The molecule has 26 heavy (non-hydrogen) atoms. The summed E-state index contributed by atoms with van der Waals surface area (Å²) in [5, 5.41) is 13.4. The number of aliphatic hydroxyl groups is 1. The second-order valence-electron chi connectivity index (χ2n) is 6.36. The van der Waals surface area contributed by atoms with E-state index in [2.05, 4.69) is 10.3 Å². The number of alkyl halides is 5. The molecule has 0 aliphatic carbocycles. The average molecular weight is 401 g/mol. The predicted molar refractivity (Wildman–Crippen MR) is 85.0 cm³/mol. The molecule has 1 unspecified atom stereocenters. The molecule has 5 nitrogen and oxygen atoms in total. The van der Waals surface area contributed by atoms with Gasteiger partial charge in [-0.15, -0.1) is 11.3 Å². The Morgan fingerprint density at radius 2 is 2.04 bits per heavy atom. The Balaban J connectivity index is 1.97. The van der Waals surface area contributed by atoms with Crippen molar-refractivity contribution in [1.29, 1.82) is 0 Å². The Kier molecular flexibility index (Phi) is 6.56. The number of amides is 1. The van der Waals surface area contributed by atoms with Gasteiger partial charge in [-0.05, 0) is 19.8 Å². The average Bonchev–Trinajstić information content (AvgIpc) is 2.94. The minimum absolute atomic E-state index is 0.319. The summed E-state index contributed by atoms with van der Waals surface area (Å²) in [7, 11) is 0. The van der Waals surface area contributed by atoms with Gasteiger partial charge in [-0.25, -0.2) is 13.8 Å². The molecular formula is C15H20F5N3O2S. The molecule has 1 aliphatic rings. The Morgan fingerprint density at radius 3 is 2.50 bits per heavy atom. The number of aryl methyl sites for hydroxylation is 1. The van der Waals surface area contributed by atoms with Crippen molar-refractivity contribution in [3.63, 3.8) is 0 Å². The fourth-order valence-electron chi connectivity index (χ4n) is 2.81. The van der Waals surface area contributed by atoms with Gasteiger partial charge in [0.15, 0.2) is 0 Å². The first-order chi connectivity index (χ1) is 12.0. The van der Waals surface area contributed by atoms with Crippen molar-refractivity contribution in [3.8, 4) is 0 Å². The summed E-state index contributed by atoms with van der Waals surface area (Å²) in [5.41, 5.74) is -3.04. The number of likely N-dealkylation sites (tertiary alicyclic amines) is 1. The van der Waals surface area contributed by atoms with Crippen LogP contribution in [-0.2, 0) is 10.4 Å². The molecule has 1 atom stereocenters. The molecule has 148 valence electrons. The minimum Gasteiger partial charge on any atom is -0.374 e. The highest BCUT2D eigenvalue weighted by Crippen LogP contribution is 2.42. The highest BCUT2D eigenvalue weighted by atomic mass is 32.1. The van der Waals surface area contributed by atoms with Gasteiger partial charge in [-0.2, -0.15) is 13.2 Å². The molecule has 1 aromatic rings. The van der Waals surface area contributed by atoms with Crippen LogP contribution in [0.3, 0.4) is 0 Å². The highest BCUT2D eigenvalue weighted by Gasteiger charge is 2.58. The molecule has 0 saturated carbocycles. The van der Waals surface area contributed by atoms with Crippen molar-refractivity contribution >= 4 is 17.2 Å². The van der Waals surface area contributed by atoms with Gasteiger partial charge in [0.25, 0.3) is 6.43 Å². The number of thiazole rings is 1. The lowest BCUT2D eigenvalue weighted by Gasteiger charge is -2.33. The van der Waals surface area contributed by atoms with E-state index in [4.69, 9.17) is 0 Å². The number of nitrogens with one attached hydrogen (secondary N) is 1. The van der Waals surface area contributed by atoms with E-state index in [1.165, 1.54) is 17.2 Å². The molecular weight excluding hydrogens is 381 g/mol. The van der Waals surface area contributed by atoms with E-state index in [1.54, 1.807) is 0 Å². The van der Waals surface area contributed by atoms with Crippen LogP contribution in [0.1, 0.15) is 30.0 Å². The summed E-state index contributed by atoms with van der Waals surface area (Å²) < 4.78 is 64.8. The summed E-state index contributed by atoms with van der Waals surface area (Å²) in [6.07, 6.45) is -7.99. The van der Waals surface area contributed by atoms with Gasteiger partial charge in [0, 0.05) is 30.2 Å². The van der Waals surface area contributed by atoms with Crippen molar-refractivity contribution in [2.75, 3.05) is 19.6 Å². The third kappa shape index (κ3) is 5.10. The first-order valence-corrected chi connectivity index (χ1v) is 8.91. The Bertz CT molecular complexity index is 617. The van der Waals surface area contributed by atoms with E-state index in [1.807, 2.05) is 0 Å². The highest BCUT2D eigenvalue weighted by molar-refractivity contribution is 7.09. The maximum Gasteiger partial charge on any atom is 0.424 e. The first-order valence-electron chi connectivity index (χ1n) is 8.03. The quantitative estimate of drug-likeness (QED) is 0.719. The second kappa shape index (κ2) is 8.13. The third-order valence-electron chi connectivity index (χ3n) is 4.21. The van der Waals surface area contributed by atoms with E-state index in [0.29, 0.717) is 43.0 Å². The van der Waals surface area contributed by atoms with Crippen molar-refractivity contribution in [1.82, 2.24) is 15.2 Å². The van der Waals surface area contributed by atoms with Gasteiger partial charge in [0.1, 0.15) is 5.01 Å². The maximum atomic E-state index is 13.4. The molecule has 1 amide bonds. The van der Waals surface area contributed by atoms with E-state index in [9.17, 15) is 31.9 Å². The number of aromatic nitrogens is 1. The van der Waals surface area contributed by atoms with Crippen molar-refractivity contribution in [2.24, 2.45) is 0 Å². The number of piperidine rings is 1. The molecule has 0 radical (unpaired) electrons. The largest absolute Gasteiger partial charge is 0.424 e. The molecule has 1 aromatic heterocycles. The molecule has 1 fully saturated rings. The summed E-state index contributed by atoms with van der Waals surface area (Å²) >= 11 is 0.639. The first kappa shape index (κ1) is 21.0. The zero-order valence-electron chi connectivity index (χ0n) is 14.0. The number of hydrogen-bond acceptors (Lipinski definition) is 5. The SMILES string of the molecule is Cc1csc(C(O)(CC(=O)NC2CCN(CC(F)F)CC2)C(F)(F)F)n1. The zero-order chi connectivity index (χ0) is 19.5. The van der Waals surface area contributed by atoms with Gasteiger partial charge < -0.3 is 10.4 Å². The fraction of sp³-hybridized carbons (Fsp3) is 0.733. The van der Waals surface area contributed by atoms with E-state index < -0.39 is 41.6 Å². The lowest BCUT2D eigenvalue weighted by Crippen LogP contribution is -2.50. The second-order valence-corrected chi connectivity index (χ2v) is 7.22. The van der Waals surface area contributed by atoms with E-state index in [-0.39, 0.29) is 6.54 Å². The lowest BCUT2D eigenvalue weighted by atomic mass is 9.98. The topological polar surface area (TPSA) is 65.5 Å². The van der Waals surface area contributed by atoms with E-state index >= 15 is 0 Å². The molecule has 0 spiro atoms. The van der Waals surface area contributed by atoms with Gasteiger partial charge in [-0.3, -0.25) is 9.69 Å². The van der Waals surface area contributed by atoms with Crippen molar-refractivity contribution in [3.05, 3.63) is 16.1 Å². The summed E-state index contributed by atoms with van der Waals surface area (Å²) in [6.45, 7) is 1.77. The molecule has 11 heteroatoms. The molecule has 2 heterocycles. The van der Waals surface area contributed by atoms with E-state index in [0.717, 1.165) is 0 Å². The smallest absolute Gasteiger partial charge is 0.374 e. The Hall–Kier alpha value is -1.33. The van der Waals surface area contributed by atoms with Crippen LogP contribution in [0.25, 0.3) is 0 Å². The lowest BCUT2D eigenvalue weighted by molar-refractivity contribution is -0.267. The number of rotatable bonds is 6. The minimum atomic E-state index is -5.06.